The van der Waals surface area contributed by atoms with Gasteiger partial charge in [-0.3, -0.25) is 0 Å². The van der Waals surface area contributed by atoms with E-state index in [1.54, 1.807) is 0 Å². The van der Waals surface area contributed by atoms with Crippen LogP contribution in [-0.2, 0) is 18.3 Å². The first-order valence-electron chi connectivity index (χ1n) is 3.13. The molecular weight excluding hydrogens is 460 g/mol. The molecule has 0 unspecified atom stereocenters. The molecule has 12 N–H and O–H groups in total. The van der Waals surface area contributed by atoms with E-state index in [-0.39, 0.29) is 81.2 Å². The Hall–Kier alpha value is 2.96. The van der Waals surface area contributed by atoms with Crippen LogP contribution in [0.3, 0.4) is 0 Å². The van der Waals surface area contributed by atoms with Crippen LogP contribution in [0.2, 0.25) is 0 Å². The average Bonchev–Trinajstić information content (AvgIpc) is 1.62. The molecule has 16 nitrogen and oxygen atoms in total. The number of hydrogen-bond donors (Lipinski definition) is 12. The van der Waals surface area contributed by atoms with E-state index in [4.69, 9.17) is 77.0 Å². The maximum atomic E-state index is 8.88. The van der Waals surface area contributed by atoms with Gasteiger partial charge in [-0.15, -0.1) is 0 Å². The van der Waals surface area contributed by atoms with Gasteiger partial charge in [-0.05, 0) is 0 Å². The van der Waals surface area contributed by atoms with E-state index < -0.39 is 31.3 Å². The normalized spacial score (nSPS) is 10.7. The van der Waals surface area contributed by atoms with Crippen molar-refractivity contribution in [2.75, 3.05) is 0 Å². The molecule has 0 saturated heterocycles. The van der Waals surface area contributed by atoms with E-state index in [0.717, 1.165) is 0 Å². The van der Waals surface area contributed by atoms with Gasteiger partial charge in [0, 0.05) is 0 Å². The smallest absolute Gasteiger partial charge is 1.00 e. The number of rotatable bonds is 0. The molecule has 22 heavy (non-hydrogen) atoms. The van der Waals surface area contributed by atoms with Crippen LogP contribution in [0.4, 0.5) is 0 Å². The second kappa shape index (κ2) is 17.4. The van der Waals surface area contributed by atoms with Crippen LogP contribution < -0.4 is 0 Å². The minimum Gasteiger partial charge on any atom is -1.00 e. The zero-order chi connectivity index (χ0) is 18.0. The second-order valence-corrected chi connectivity index (χ2v) is 6.16. The summed E-state index contributed by atoms with van der Waals surface area (Å²) in [6, 6.07) is 0. The van der Waals surface area contributed by atoms with E-state index in [9.17, 15) is 0 Å². The summed E-state index contributed by atoms with van der Waals surface area (Å²) in [5.41, 5.74) is 0. The van der Waals surface area contributed by atoms with Gasteiger partial charge in [-0.25, -0.2) is 18.3 Å². The molecule has 22 heteroatoms. The summed E-state index contributed by atoms with van der Waals surface area (Å²) < 4.78 is 35.5. The van der Waals surface area contributed by atoms with Crippen LogP contribution in [0.5, 0.6) is 0 Å². The molecule has 0 aromatic carbocycles. The Balaban J connectivity index is -0.0000000152. The summed E-state index contributed by atoms with van der Waals surface area (Å²) >= 11 is 0. The molecular formula is H16Ca2O16P4. The van der Waals surface area contributed by atoms with Crippen molar-refractivity contribution in [2.24, 2.45) is 0 Å². The number of hydrogen-bond acceptors (Lipinski definition) is 4. The van der Waals surface area contributed by atoms with Crippen LogP contribution in [-0.4, -0.2) is 134 Å². The molecule has 0 spiro atoms. The second-order valence-electron chi connectivity index (χ2n) is 2.05. The van der Waals surface area contributed by atoms with Crippen LogP contribution in [0, 0.1) is 0 Å². The first kappa shape index (κ1) is 39.9. The van der Waals surface area contributed by atoms with Gasteiger partial charge in [0.1, 0.15) is 0 Å². The Morgan fingerprint density at radius 2 is 0.364 bits per heavy atom. The predicted octanol–water partition coefficient (Wildman–Crippen LogP) is -4.03. The monoisotopic (exact) mass is 476 g/mol. The SMILES string of the molecule is O=P(O)(O)O.O=P(O)(O)O.O=P(O)(O)O.O=P(O)(O)O.[Ca+2].[Ca+2].[H-].[H-].[H-].[H-]. The van der Waals surface area contributed by atoms with Crippen molar-refractivity contribution in [3.8, 4) is 0 Å². The first-order chi connectivity index (χ1) is 8.00. The van der Waals surface area contributed by atoms with Crippen molar-refractivity contribution in [3.05, 3.63) is 0 Å². The van der Waals surface area contributed by atoms with Gasteiger partial charge in [-0.1, -0.05) is 0 Å². The summed E-state index contributed by atoms with van der Waals surface area (Å²) in [6.07, 6.45) is 0. The minimum atomic E-state index is -4.64. The standard InChI is InChI=1S/2Ca.4H3O4P.4H/c;;4*1-5(2,3)4;;;;/h;;4*(H3,1,2,3,4);;;;/q2*+2;;;;;4*-1. The molecule has 0 heterocycles. The van der Waals surface area contributed by atoms with Crippen LogP contribution in [0.1, 0.15) is 5.71 Å². The van der Waals surface area contributed by atoms with Gasteiger partial charge in [0.25, 0.3) is 0 Å². The molecule has 0 aromatic rings. The molecule has 0 rings (SSSR count). The van der Waals surface area contributed by atoms with Crippen molar-refractivity contribution in [1.82, 2.24) is 0 Å². The maximum Gasteiger partial charge on any atom is 2.00 e. The van der Waals surface area contributed by atoms with Crippen LogP contribution in [0.25, 0.3) is 0 Å². The Morgan fingerprint density at radius 1 is 0.364 bits per heavy atom. The zero-order valence-corrected chi connectivity index (χ0v) is 18.2. The van der Waals surface area contributed by atoms with Gasteiger partial charge >= 0.3 is 107 Å². The third kappa shape index (κ3) is 1260. The van der Waals surface area contributed by atoms with E-state index in [1.165, 1.54) is 0 Å². The summed E-state index contributed by atoms with van der Waals surface area (Å²) in [6.45, 7) is 0. The third-order valence-electron chi connectivity index (χ3n) is 0. The summed E-state index contributed by atoms with van der Waals surface area (Å²) in [4.78, 5) is 86.2. The minimum absolute atomic E-state index is 0. The van der Waals surface area contributed by atoms with Crippen molar-refractivity contribution < 1.29 is 82.7 Å². The Morgan fingerprint density at radius 3 is 0.364 bits per heavy atom. The molecule has 0 aliphatic rings. The van der Waals surface area contributed by atoms with Gasteiger partial charge < -0.3 is 64.4 Å². The van der Waals surface area contributed by atoms with Gasteiger partial charge in [-0.2, -0.15) is 0 Å². The summed E-state index contributed by atoms with van der Waals surface area (Å²) in [5, 5.41) is 0. The van der Waals surface area contributed by atoms with E-state index in [0.29, 0.717) is 0 Å². The molecule has 0 radical (unpaired) electrons. The van der Waals surface area contributed by atoms with Crippen molar-refractivity contribution in [1.29, 1.82) is 0 Å². The molecule has 0 bridgehead atoms. The summed E-state index contributed by atoms with van der Waals surface area (Å²) in [7, 11) is -18.6. The fourth-order valence-corrected chi connectivity index (χ4v) is 0. The third-order valence-corrected chi connectivity index (χ3v) is 0. The van der Waals surface area contributed by atoms with Crippen molar-refractivity contribution >= 4 is 107 Å². The molecule has 0 fully saturated rings. The quantitative estimate of drug-likeness (QED) is 0.117. The summed E-state index contributed by atoms with van der Waals surface area (Å²) in [5.74, 6) is 0. The number of phosphoric acid groups is 4. The Labute approximate surface area is 187 Å². The molecule has 136 valence electrons. The average molecular weight is 476 g/mol. The zero-order valence-electron chi connectivity index (χ0n) is 14.2. The predicted molar refractivity (Wildman–Crippen MR) is 73.0 cm³/mol. The Bertz CT molecular complexity index is 305. The fraction of sp³-hybridized carbons (Fsp3) is 0. The largest absolute Gasteiger partial charge is 2.00 e. The van der Waals surface area contributed by atoms with E-state index in [1.807, 2.05) is 0 Å². The van der Waals surface area contributed by atoms with Crippen LogP contribution in [0.15, 0.2) is 0 Å². The molecule has 0 aliphatic carbocycles. The van der Waals surface area contributed by atoms with E-state index >= 15 is 0 Å². The van der Waals surface area contributed by atoms with Gasteiger partial charge in [0.2, 0.25) is 0 Å². The molecule has 0 atom stereocenters. The molecule has 0 aromatic heterocycles. The van der Waals surface area contributed by atoms with Gasteiger partial charge in [0.05, 0.1) is 0 Å². The fourth-order valence-electron chi connectivity index (χ4n) is 0. The van der Waals surface area contributed by atoms with Crippen molar-refractivity contribution in [2.45, 2.75) is 0 Å². The topological polar surface area (TPSA) is 311 Å². The maximum absolute atomic E-state index is 8.88. The molecule has 0 amide bonds. The van der Waals surface area contributed by atoms with Crippen molar-refractivity contribution in [3.63, 3.8) is 0 Å². The van der Waals surface area contributed by atoms with Gasteiger partial charge in [0.15, 0.2) is 0 Å². The Kier molecular flexibility index (Phi) is 31.5. The molecule has 0 aliphatic heterocycles. The van der Waals surface area contributed by atoms with E-state index in [2.05, 4.69) is 0 Å². The van der Waals surface area contributed by atoms with Crippen LogP contribution >= 0.6 is 31.3 Å². The molecule has 0 saturated carbocycles. The first-order valence-corrected chi connectivity index (χ1v) is 9.39.